The number of nitrogens with zero attached hydrogens (tertiary/aromatic N) is 5. The van der Waals surface area contributed by atoms with Crippen LogP contribution in [-0.2, 0) is 10.0 Å². The Bertz CT molecular complexity index is 1070. The SMILES string of the molecule is CN(C)S(=O)(=O)c1ccc(C(=O)N2CCN(c3ccc(=N)n(C=N)n3)CC2)cc1. The van der Waals surface area contributed by atoms with Crippen LogP contribution in [0, 0.1) is 10.8 Å². The molecule has 1 saturated heterocycles. The molecular weight excluding hydrogens is 394 g/mol. The van der Waals surface area contributed by atoms with Gasteiger partial charge in [-0.2, -0.15) is 0 Å². The van der Waals surface area contributed by atoms with E-state index in [1.165, 1.54) is 43.0 Å². The number of amides is 1. The van der Waals surface area contributed by atoms with E-state index in [0.29, 0.717) is 37.6 Å². The molecule has 0 aliphatic carbocycles. The molecule has 1 fully saturated rings. The zero-order chi connectivity index (χ0) is 21.2. The monoisotopic (exact) mass is 417 g/mol. The first kappa shape index (κ1) is 20.7. The Morgan fingerprint density at radius 1 is 1.07 bits per heavy atom. The molecule has 2 N–H and O–H groups in total. The highest BCUT2D eigenvalue weighted by atomic mass is 32.2. The van der Waals surface area contributed by atoms with E-state index < -0.39 is 10.0 Å². The largest absolute Gasteiger partial charge is 0.352 e. The minimum absolute atomic E-state index is 0.122. The quantitative estimate of drug-likeness (QED) is 0.524. The van der Waals surface area contributed by atoms with Gasteiger partial charge in [-0.1, -0.05) is 0 Å². The van der Waals surface area contributed by atoms with E-state index in [-0.39, 0.29) is 16.3 Å². The van der Waals surface area contributed by atoms with E-state index >= 15 is 0 Å². The Hall–Kier alpha value is -3.05. The maximum atomic E-state index is 12.8. The summed E-state index contributed by atoms with van der Waals surface area (Å²) in [6.07, 6.45) is 0.978. The Morgan fingerprint density at radius 3 is 2.24 bits per heavy atom. The number of nitrogens with one attached hydrogen (secondary N) is 2. The summed E-state index contributed by atoms with van der Waals surface area (Å²) in [6, 6.07) is 9.26. The second-order valence-corrected chi connectivity index (χ2v) is 8.89. The van der Waals surface area contributed by atoms with Gasteiger partial charge in [0.1, 0.15) is 17.6 Å². The molecule has 0 bridgehead atoms. The van der Waals surface area contributed by atoms with Gasteiger partial charge < -0.3 is 9.80 Å². The van der Waals surface area contributed by atoms with Crippen LogP contribution in [0.25, 0.3) is 0 Å². The fraction of sp³-hybridized carbons (Fsp3) is 0.333. The van der Waals surface area contributed by atoms with Crippen molar-refractivity contribution < 1.29 is 13.2 Å². The lowest BCUT2D eigenvalue weighted by Crippen LogP contribution is -2.49. The molecule has 1 aromatic heterocycles. The van der Waals surface area contributed by atoms with Gasteiger partial charge in [0.15, 0.2) is 0 Å². The van der Waals surface area contributed by atoms with Crippen molar-refractivity contribution in [3.63, 3.8) is 0 Å². The van der Waals surface area contributed by atoms with Crippen molar-refractivity contribution in [2.24, 2.45) is 0 Å². The Labute approximate surface area is 169 Å². The molecule has 0 unspecified atom stereocenters. The fourth-order valence-corrected chi connectivity index (χ4v) is 3.90. The highest BCUT2D eigenvalue weighted by molar-refractivity contribution is 7.89. The molecule has 1 aromatic carbocycles. The predicted octanol–water partition coefficient (Wildman–Crippen LogP) is 0.0304. The van der Waals surface area contributed by atoms with Gasteiger partial charge in [0.25, 0.3) is 5.91 Å². The molecule has 0 saturated carbocycles. The maximum Gasteiger partial charge on any atom is 0.253 e. The third-order valence-corrected chi connectivity index (χ3v) is 6.57. The zero-order valence-electron chi connectivity index (χ0n) is 16.2. The van der Waals surface area contributed by atoms with E-state index in [1.807, 2.05) is 4.90 Å². The van der Waals surface area contributed by atoms with Crippen LogP contribution in [0.4, 0.5) is 5.82 Å². The van der Waals surface area contributed by atoms with Crippen LogP contribution in [-0.4, -0.2) is 79.9 Å². The van der Waals surface area contributed by atoms with Crippen molar-refractivity contribution >= 4 is 28.1 Å². The second kappa shape index (κ2) is 8.13. The lowest BCUT2D eigenvalue weighted by molar-refractivity contribution is 0.0746. The summed E-state index contributed by atoms with van der Waals surface area (Å²) in [7, 11) is -0.603. The summed E-state index contributed by atoms with van der Waals surface area (Å²) in [5, 5.41) is 19.2. The van der Waals surface area contributed by atoms with Crippen LogP contribution in [0.15, 0.2) is 41.3 Å². The number of carbonyl (C=O) groups excluding carboxylic acids is 1. The fourth-order valence-electron chi connectivity index (χ4n) is 3.00. The number of benzene rings is 1. The van der Waals surface area contributed by atoms with Crippen molar-refractivity contribution in [1.82, 2.24) is 19.0 Å². The molecule has 0 radical (unpaired) electrons. The molecule has 10 nitrogen and oxygen atoms in total. The molecule has 154 valence electrons. The number of hydrogen-bond donors (Lipinski definition) is 2. The zero-order valence-corrected chi connectivity index (χ0v) is 17.1. The van der Waals surface area contributed by atoms with Gasteiger partial charge >= 0.3 is 0 Å². The van der Waals surface area contributed by atoms with Gasteiger partial charge in [0.2, 0.25) is 10.0 Å². The average Bonchev–Trinajstić information content (AvgIpc) is 2.73. The third-order valence-electron chi connectivity index (χ3n) is 4.74. The van der Waals surface area contributed by atoms with E-state index in [9.17, 15) is 13.2 Å². The summed E-state index contributed by atoms with van der Waals surface area (Å²) in [5.41, 5.74) is 0.562. The summed E-state index contributed by atoms with van der Waals surface area (Å²) >= 11 is 0. The molecule has 29 heavy (non-hydrogen) atoms. The van der Waals surface area contributed by atoms with Crippen LogP contribution < -0.4 is 10.4 Å². The summed E-state index contributed by atoms with van der Waals surface area (Å²) in [5.74, 6) is 0.498. The number of sulfonamides is 1. The predicted molar refractivity (Wildman–Crippen MR) is 108 cm³/mol. The van der Waals surface area contributed by atoms with Gasteiger partial charge in [-0.3, -0.25) is 15.6 Å². The van der Waals surface area contributed by atoms with Crippen LogP contribution in [0.3, 0.4) is 0 Å². The van der Waals surface area contributed by atoms with Crippen LogP contribution >= 0.6 is 0 Å². The van der Waals surface area contributed by atoms with E-state index in [1.54, 1.807) is 17.0 Å². The number of rotatable bonds is 5. The second-order valence-electron chi connectivity index (χ2n) is 6.74. The molecule has 2 heterocycles. The molecule has 0 atom stereocenters. The van der Waals surface area contributed by atoms with Crippen molar-refractivity contribution in [2.45, 2.75) is 4.90 Å². The smallest absolute Gasteiger partial charge is 0.253 e. The van der Waals surface area contributed by atoms with Crippen LogP contribution in [0.1, 0.15) is 10.4 Å². The summed E-state index contributed by atoms with van der Waals surface area (Å²) < 4.78 is 26.6. The van der Waals surface area contributed by atoms with Crippen molar-refractivity contribution in [2.75, 3.05) is 45.2 Å². The number of hydrogen-bond acceptors (Lipinski definition) is 7. The number of carbonyl (C=O) groups is 1. The molecule has 11 heteroatoms. The Balaban J connectivity index is 1.67. The van der Waals surface area contributed by atoms with Crippen molar-refractivity contribution in [3.05, 3.63) is 47.4 Å². The van der Waals surface area contributed by atoms with E-state index in [2.05, 4.69) is 5.10 Å². The Kier molecular flexibility index (Phi) is 5.80. The molecule has 0 spiro atoms. The number of aromatic nitrogens is 2. The lowest BCUT2D eigenvalue weighted by atomic mass is 10.2. The van der Waals surface area contributed by atoms with E-state index in [0.717, 1.165) is 10.6 Å². The summed E-state index contributed by atoms with van der Waals surface area (Å²) in [6.45, 7) is 2.12. The number of piperazine rings is 1. The molecule has 1 aliphatic heterocycles. The molecule has 1 amide bonds. The third kappa shape index (κ3) is 4.20. The molecule has 3 rings (SSSR count). The van der Waals surface area contributed by atoms with Gasteiger partial charge in [0, 0.05) is 45.8 Å². The Morgan fingerprint density at radius 2 is 1.69 bits per heavy atom. The van der Waals surface area contributed by atoms with Gasteiger partial charge in [-0.25, -0.2) is 17.4 Å². The molecule has 2 aromatic rings. The highest BCUT2D eigenvalue weighted by Crippen LogP contribution is 2.17. The number of anilines is 1. The first-order valence-electron chi connectivity index (χ1n) is 8.96. The standard InChI is InChI=1S/C18H23N7O3S/c1-22(2)29(27,28)15-5-3-14(4-6-15)18(26)24-11-9-23(10-12-24)17-8-7-16(20)25(13-19)21-17/h3-8,13,19-20H,9-12H2,1-2H3. The van der Waals surface area contributed by atoms with E-state index in [4.69, 9.17) is 10.8 Å². The normalized spacial score (nSPS) is 14.9. The average molecular weight is 417 g/mol. The first-order chi connectivity index (χ1) is 13.7. The van der Waals surface area contributed by atoms with Crippen LogP contribution in [0.5, 0.6) is 0 Å². The highest BCUT2D eigenvalue weighted by Gasteiger charge is 2.24. The minimum atomic E-state index is -3.53. The first-order valence-corrected chi connectivity index (χ1v) is 10.4. The van der Waals surface area contributed by atoms with Crippen LogP contribution in [0.2, 0.25) is 0 Å². The minimum Gasteiger partial charge on any atom is -0.352 e. The van der Waals surface area contributed by atoms with Gasteiger partial charge in [-0.05, 0) is 36.4 Å². The molecular formula is C18H23N7O3S. The van der Waals surface area contributed by atoms with Crippen molar-refractivity contribution in [3.8, 4) is 0 Å². The summed E-state index contributed by atoms with van der Waals surface area (Å²) in [4.78, 5) is 16.6. The lowest BCUT2D eigenvalue weighted by Gasteiger charge is -2.35. The van der Waals surface area contributed by atoms with Crippen molar-refractivity contribution in [1.29, 1.82) is 10.8 Å². The maximum absolute atomic E-state index is 12.8. The van der Waals surface area contributed by atoms with Gasteiger partial charge in [-0.15, -0.1) is 5.10 Å². The topological polar surface area (TPSA) is 126 Å². The van der Waals surface area contributed by atoms with Gasteiger partial charge in [0.05, 0.1) is 4.90 Å². The molecule has 1 aliphatic rings.